The summed E-state index contributed by atoms with van der Waals surface area (Å²) < 4.78 is 5.42. The highest BCUT2D eigenvalue weighted by molar-refractivity contribution is 5.78. The Labute approximate surface area is 140 Å². The van der Waals surface area contributed by atoms with E-state index in [1.807, 2.05) is 6.07 Å². The molecule has 2 unspecified atom stereocenters. The maximum absolute atomic E-state index is 12.0. The monoisotopic (exact) mass is 329 g/mol. The highest BCUT2D eigenvalue weighted by atomic mass is 16.5. The van der Waals surface area contributed by atoms with E-state index >= 15 is 0 Å². The maximum Gasteiger partial charge on any atom is 0.258 e. The van der Waals surface area contributed by atoms with Crippen LogP contribution < -0.4 is 10.9 Å². The first kappa shape index (κ1) is 16.6. The van der Waals surface area contributed by atoms with Crippen LogP contribution in [0.2, 0.25) is 0 Å². The predicted molar refractivity (Wildman–Crippen MR) is 91.6 cm³/mol. The molecule has 0 spiro atoms. The fourth-order valence-corrected chi connectivity index (χ4v) is 3.22. The molecule has 2 N–H and O–H groups in total. The van der Waals surface area contributed by atoms with Gasteiger partial charge in [-0.05, 0) is 30.9 Å². The van der Waals surface area contributed by atoms with Crippen LogP contribution in [0, 0.1) is 5.92 Å². The number of H-pyrrole nitrogens is 1. The van der Waals surface area contributed by atoms with Crippen molar-refractivity contribution in [1.29, 1.82) is 0 Å². The summed E-state index contributed by atoms with van der Waals surface area (Å²) in [6.45, 7) is 2.25. The number of nitrogens with one attached hydrogen (secondary N) is 2. The number of nitrogens with zero attached hydrogens (tertiary/aromatic N) is 1. The molecule has 0 bridgehead atoms. The Morgan fingerprint density at radius 1 is 1.33 bits per heavy atom. The van der Waals surface area contributed by atoms with E-state index in [-0.39, 0.29) is 30.7 Å². The van der Waals surface area contributed by atoms with Gasteiger partial charge in [0.05, 0.1) is 10.9 Å². The molecule has 0 saturated heterocycles. The molecular weight excluding hydrogens is 306 g/mol. The number of hydrogen-bond acceptors (Lipinski definition) is 4. The lowest BCUT2D eigenvalue weighted by atomic mass is 9.86. The zero-order chi connectivity index (χ0) is 16.9. The number of rotatable bonds is 5. The largest absolute Gasteiger partial charge is 0.364 e. The van der Waals surface area contributed by atoms with Crippen molar-refractivity contribution in [3.05, 3.63) is 40.4 Å². The summed E-state index contributed by atoms with van der Waals surface area (Å²) in [7, 11) is 0. The minimum Gasteiger partial charge on any atom is -0.364 e. The Bertz CT molecular complexity index is 771. The molecule has 2 atom stereocenters. The molecule has 6 heteroatoms. The number of fused-ring (bicyclic) bond motifs is 1. The van der Waals surface area contributed by atoms with Gasteiger partial charge in [-0.1, -0.05) is 31.9 Å². The molecule has 1 aromatic carbocycles. The Morgan fingerprint density at radius 3 is 2.96 bits per heavy atom. The van der Waals surface area contributed by atoms with E-state index in [0.717, 1.165) is 12.8 Å². The molecule has 24 heavy (non-hydrogen) atoms. The van der Waals surface area contributed by atoms with Gasteiger partial charge >= 0.3 is 0 Å². The Balaban J connectivity index is 1.52. The van der Waals surface area contributed by atoms with Gasteiger partial charge in [-0.15, -0.1) is 0 Å². The molecule has 1 aliphatic carbocycles. The van der Waals surface area contributed by atoms with Gasteiger partial charge in [0, 0.05) is 6.04 Å². The fourth-order valence-electron chi connectivity index (χ4n) is 3.22. The summed E-state index contributed by atoms with van der Waals surface area (Å²) in [6.07, 6.45) is 4.60. The molecule has 1 fully saturated rings. The summed E-state index contributed by atoms with van der Waals surface area (Å²) in [5.74, 6) is 0.829. The van der Waals surface area contributed by atoms with Gasteiger partial charge in [0.25, 0.3) is 5.56 Å². The van der Waals surface area contributed by atoms with Crippen LogP contribution in [-0.4, -0.2) is 28.5 Å². The normalized spacial score (nSPS) is 20.9. The zero-order valence-corrected chi connectivity index (χ0v) is 13.9. The van der Waals surface area contributed by atoms with Crippen molar-refractivity contribution in [2.75, 3.05) is 6.61 Å². The average molecular weight is 329 g/mol. The third-order valence-corrected chi connectivity index (χ3v) is 4.59. The van der Waals surface area contributed by atoms with Crippen LogP contribution in [0.15, 0.2) is 29.1 Å². The van der Waals surface area contributed by atoms with Crippen LogP contribution in [0.3, 0.4) is 0 Å². The second kappa shape index (κ2) is 7.57. The van der Waals surface area contributed by atoms with E-state index in [1.165, 1.54) is 12.8 Å². The molecular formula is C18H23N3O3. The number of hydrogen-bond donors (Lipinski definition) is 2. The van der Waals surface area contributed by atoms with Crippen molar-refractivity contribution in [3.63, 3.8) is 0 Å². The van der Waals surface area contributed by atoms with Gasteiger partial charge in [-0.2, -0.15) is 0 Å². The smallest absolute Gasteiger partial charge is 0.258 e. The number of aromatic amines is 1. The second-order valence-electron chi connectivity index (χ2n) is 6.46. The van der Waals surface area contributed by atoms with Crippen LogP contribution in [0.5, 0.6) is 0 Å². The lowest BCUT2D eigenvalue weighted by Crippen LogP contribution is -2.42. The molecule has 3 rings (SSSR count). The summed E-state index contributed by atoms with van der Waals surface area (Å²) in [4.78, 5) is 31.0. The molecule has 0 radical (unpaired) electrons. The topological polar surface area (TPSA) is 84.1 Å². The van der Waals surface area contributed by atoms with Crippen LogP contribution in [0.4, 0.5) is 0 Å². The summed E-state index contributed by atoms with van der Waals surface area (Å²) in [6, 6.07) is 7.38. The quantitative estimate of drug-likeness (QED) is 0.880. The highest BCUT2D eigenvalue weighted by Gasteiger charge is 2.22. The Morgan fingerprint density at radius 2 is 2.12 bits per heavy atom. The lowest BCUT2D eigenvalue weighted by Gasteiger charge is -2.29. The number of aromatic nitrogens is 2. The van der Waals surface area contributed by atoms with Crippen molar-refractivity contribution < 1.29 is 9.53 Å². The van der Waals surface area contributed by atoms with Crippen molar-refractivity contribution in [3.8, 4) is 0 Å². The molecule has 6 nitrogen and oxygen atoms in total. The Kier molecular flexibility index (Phi) is 5.25. The van der Waals surface area contributed by atoms with Crippen molar-refractivity contribution in [2.24, 2.45) is 5.92 Å². The average Bonchev–Trinajstić information content (AvgIpc) is 2.57. The van der Waals surface area contributed by atoms with E-state index in [9.17, 15) is 9.59 Å². The van der Waals surface area contributed by atoms with Crippen molar-refractivity contribution >= 4 is 16.8 Å². The zero-order valence-electron chi connectivity index (χ0n) is 13.9. The van der Waals surface area contributed by atoms with E-state index < -0.39 is 0 Å². The second-order valence-corrected chi connectivity index (χ2v) is 6.46. The summed E-state index contributed by atoms with van der Waals surface area (Å²) in [5, 5.41) is 3.59. The third-order valence-electron chi connectivity index (χ3n) is 4.59. The van der Waals surface area contributed by atoms with Gasteiger partial charge in [0.1, 0.15) is 19.0 Å². The SMILES string of the molecule is CC1CCCCC1NC(=O)COCc1nc2ccccc2c(=O)[nH]1. The number of carbonyl (C=O) groups excluding carboxylic acids is 1. The molecule has 2 aromatic rings. The lowest BCUT2D eigenvalue weighted by molar-refractivity contribution is -0.127. The van der Waals surface area contributed by atoms with Gasteiger partial charge in [-0.3, -0.25) is 9.59 Å². The molecule has 0 aliphatic heterocycles. The minimum atomic E-state index is -0.195. The fraction of sp³-hybridized carbons (Fsp3) is 0.500. The first-order valence-electron chi connectivity index (χ1n) is 8.48. The van der Waals surface area contributed by atoms with Gasteiger partial charge in [0.15, 0.2) is 0 Å². The molecule has 1 amide bonds. The first-order valence-corrected chi connectivity index (χ1v) is 8.48. The highest BCUT2D eigenvalue weighted by Crippen LogP contribution is 2.23. The van der Waals surface area contributed by atoms with E-state index in [1.54, 1.807) is 18.2 Å². The van der Waals surface area contributed by atoms with Crippen LogP contribution >= 0.6 is 0 Å². The van der Waals surface area contributed by atoms with Gasteiger partial charge in [0.2, 0.25) is 5.91 Å². The third kappa shape index (κ3) is 4.00. The molecule has 128 valence electrons. The number of ether oxygens (including phenoxy) is 1. The Hall–Kier alpha value is -2.21. The summed E-state index contributed by atoms with van der Waals surface area (Å²) >= 11 is 0. The van der Waals surface area contributed by atoms with Crippen LogP contribution in [-0.2, 0) is 16.1 Å². The molecule has 1 heterocycles. The van der Waals surface area contributed by atoms with Crippen LogP contribution in [0.25, 0.3) is 10.9 Å². The standard InChI is InChI=1S/C18H23N3O3/c1-12-6-2-4-8-14(12)20-17(22)11-24-10-16-19-15-9-5-3-7-13(15)18(23)21-16/h3,5,7,9,12,14H,2,4,6,8,10-11H2,1H3,(H,20,22)(H,19,21,23). The number of amides is 1. The molecule has 1 saturated carbocycles. The van der Waals surface area contributed by atoms with E-state index in [4.69, 9.17) is 4.74 Å². The van der Waals surface area contributed by atoms with Gasteiger partial charge < -0.3 is 15.0 Å². The number of carbonyl (C=O) groups is 1. The predicted octanol–water partition coefficient (Wildman–Crippen LogP) is 2.13. The van der Waals surface area contributed by atoms with Gasteiger partial charge in [-0.25, -0.2) is 4.98 Å². The maximum atomic E-state index is 12.0. The van der Waals surface area contributed by atoms with E-state index in [0.29, 0.717) is 22.6 Å². The van der Waals surface area contributed by atoms with Crippen LogP contribution in [0.1, 0.15) is 38.4 Å². The summed E-state index contributed by atoms with van der Waals surface area (Å²) in [5.41, 5.74) is 0.431. The first-order chi connectivity index (χ1) is 11.6. The number of para-hydroxylation sites is 1. The van der Waals surface area contributed by atoms with Crippen molar-refractivity contribution in [1.82, 2.24) is 15.3 Å². The van der Waals surface area contributed by atoms with E-state index in [2.05, 4.69) is 22.2 Å². The minimum absolute atomic E-state index is 0.0280. The molecule has 1 aliphatic rings. The number of benzene rings is 1. The molecule has 1 aromatic heterocycles. The van der Waals surface area contributed by atoms with Crippen molar-refractivity contribution in [2.45, 2.75) is 45.3 Å².